The van der Waals surface area contributed by atoms with Gasteiger partial charge in [-0.3, -0.25) is 4.79 Å². The van der Waals surface area contributed by atoms with Crippen LogP contribution in [0.2, 0.25) is 10.0 Å². The number of Topliss-reactive ketones (excluding diaryl/α,β-unsaturated/α-hetero) is 1. The molecule has 2 N–H and O–H groups in total. The predicted molar refractivity (Wildman–Crippen MR) is 83.1 cm³/mol. The van der Waals surface area contributed by atoms with Gasteiger partial charge in [-0.1, -0.05) is 45.2 Å². The van der Waals surface area contributed by atoms with Gasteiger partial charge >= 0.3 is 0 Å². The Kier molecular flexibility index (Phi) is 4.50. The summed E-state index contributed by atoms with van der Waals surface area (Å²) in [6, 6.07) is 10.4. The highest BCUT2D eigenvalue weighted by atomic mass is 79.9. The molecule has 0 aliphatic rings. The number of anilines is 1. The molecule has 0 bridgehead atoms. The van der Waals surface area contributed by atoms with Gasteiger partial charge in [0.2, 0.25) is 0 Å². The molecule has 0 radical (unpaired) electrons. The zero-order valence-corrected chi connectivity index (χ0v) is 12.9. The summed E-state index contributed by atoms with van der Waals surface area (Å²) >= 11 is 15.1. The third-order valence-electron chi connectivity index (χ3n) is 2.66. The lowest BCUT2D eigenvalue weighted by Gasteiger charge is -2.06. The maximum Gasteiger partial charge on any atom is 0.169 e. The Morgan fingerprint density at radius 2 is 1.84 bits per heavy atom. The van der Waals surface area contributed by atoms with Crippen LogP contribution in [0.25, 0.3) is 0 Å². The SMILES string of the molecule is Nc1cc(Br)ccc1C(=O)Cc1ccc(Cl)c(Cl)c1. The second kappa shape index (κ2) is 5.95. The number of nitrogens with two attached hydrogens (primary N) is 1. The number of hydrogen-bond acceptors (Lipinski definition) is 2. The largest absolute Gasteiger partial charge is 0.398 e. The topological polar surface area (TPSA) is 43.1 Å². The minimum atomic E-state index is -0.0524. The van der Waals surface area contributed by atoms with Crippen LogP contribution in [0.1, 0.15) is 15.9 Å². The third-order valence-corrected chi connectivity index (χ3v) is 3.89. The molecular formula is C14H10BrCl2NO. The molecule has 0 atom stereocenters. The fraction of sp³-hybridized carbons (Fsp3) is 0.0714. The third kappa shape index (κ3) is 3.50. The molecule has 0 saturated heterocycles. The van der Waals surface area contributed by atoms with Gasteiger partial charge in [0.25, 0.3) is 0 Å². The van der Waals surface area contributed by atoms with Gasteiger partial charge in [0.15, 0.2) is 5.78 Å². The van der Waals surface area contributed by atoms with Gasteiger partial charge in [-0.15, -0.1) is 0 Å². The molecule has 0 saturated carbocycles. The van der Waals surface area contributed by atoms with Crippen molar-refractivity contribution >= 4 is 50.6 Å². The van der Waals surface area contributed by atoms with Crippen LogP contribution in [0.15, 0.2) is 40.9 Å². The lowest BCUT2D eigenvalue weighted by Crippen LogP contribution is -2.07. The molecule has 2 aromatic rings. The van der Waals surface area contributed by atoms with Crippen LogP contribution in [0.3, 0.4) is 0 Å². The smallest absolute Gasteiger partial charge is 0.169 e. The molecule has 0 aliphatic carbocycles. The van der Waals surface area contributed by atoms with E-state index in [1.807, 2.05) is 0 Å². The first-order valence-electron chi connectivity index (χ1n) is 5.49. The first-order valence-corrected chi connectivity index (χ1v) is 7.04. The van der Waals surface area contributed by atoms with Crippen molar-refractivity contribution in [2.45, 2.75) is 6.42 Å². The van der Waals surface area contributed by atoms with Crippen molar-refractivity contribution in [2.75, 3.05) is 5.73 Å². The van der Waals surface area contributed by atoms with E-state index in [0.29, 0.717) is 21.3 Å². The molecule has 0 aromatic heterocycles. The Balaban J connectivity index is 2.23. The normalized spacial score (nSPS) is 10.5. The summed E-state index contributed by atoms with van der Waals surface area (Å²) in [6.07, 6.45) is 0.239. The molecule has 0 spiro atoms. The summed E-state index contributed by atoms with van der Waals surface area (Å²) in [6.45, 7) is 0. The lowest BCUT2D eigenvalue weighted by atomic mass is 10.0. The van der Waals surface area contributed by atoms with E-state index in [9.17, 15) is 4.79 Å². The lowest BCUT2D eigenvalue weighted by molar-refractivity contribution is 0.0994. The number of benzene rings is 2. The molecule has 5 heteroatoms. The number of nitrogen functional groups attached to an aromatic ring is 1. The van der Waals surface area contributed by atoms with Crippen LogP contribution in [0, 0.1) is 0 Å². The van der Waals surface area contributed by atoms with E-state index >= 15 is 0 Å². The van der Waals surface area contributed by atoms with Crippen molar-refractivity contribution in [3.05, 3.63) is 62.0 Å². The fourth-order valence-electron chi connectivity index (χ4n) is 1.72. The zero-order chi connectivity index (χ0) is 14.0. The maximum absolute atomic E-state index is 12.2. The quantitative estimate of drug-likeness (QED) is 0.634. The van der Waals surface area contributed by atoms with Crippen molar-refractivity contribution < 1.29 is 4.79 Å². The number of carbonyl (C=O) groups is 1. The highest BCUT2D eigenvalue weighted by molar-refractivity contribution is 9.10. The molecule has 2 nitrogen and oxygen atoms in total. The van der Waals surface area contributed by atoms with Crippen LogP contribution in [0.5, 0.6) is 0 Å². The van der Waals surface area contributed by atoms with Gasteiger partial charge in [0.05, 0.1) is 10.0 Å². The molecule has 0 fully saturated rings. The van der Waals surface area contributed by atoms with E-state index in [0.717, 1.165) is 10.0 Å². The maximum atomic E-state index is 12.2. The standard InChI is InChI=1S/C14H10BrCl2NO/c15-9-2-3-10(13(18)7-9)14(19)6-8-1-4-11(16)12(17)5-8/h1-5,7H,6,18H2. The van der Waals surface area contributed by atoms with E-state index in [-0.39, 0.29) is 12.2 Å². The Labute approximate surface area is 129 Å². The molecule has 0 unspecified atom stereocenters. The number of rotatable bonds is 3. The molecule has 0 heterocycles. The minimum Gasteiger partial charge on any atom is -0.398 e. The van der Waals surface area contributed by atoms with Crippen molar-refractivity contribution in [1.29, 1.82) is 0 Å². The van der Waals surface area contributed by atoms with Crippen LogP contribution in [0.4, 0.5) is 5.69 Å². The van der Waals surface area contributed by atoms with E-state index in [4.69, 9.17) is 28.9 Å². The summed E-state index contributed by atoms with van der Waals surface area (Å²) < 4.78 is 0.844. The number of ketones is 1. The first kappa shape index (κ1) is 14.4. The Hall–Kier alpha value is -1.03. The zero-order valence-electron chi connectivity index (χ0n) is 9.79. The summed E-state index contributed by atoms with van der Waals surface area (Å²) in [5, 5.41) is 0.914. The van der Waals surface area contributed by atoms with Crippen molar-refractivity contribution in [3.63, 3.8) is 0 Å². The summed E-state index contributed by atoms with van der Waals surface area (Å²) in [7, 11) is 0. The average molecular weight is 359 g/mol. The number of carbonyl (C=O) groups excluding carboxylic acids is 1. The Bertz CT molecular complexity index is 643. The number of hydrogen-bond donors (Lipinski definition) is 1. The molecule has 2 rings (SSSR count). The minimum absolute atomic E-state index is 0.0524. The highest BCUT2D eigenvalue weighted by Gasteiger charge is 2.11. The molecule has 2 aromatic carbocycles. The summed E-state index contributed by atoms with van der Waals surface area (Å²) in [4.78, 5) is 12.2. The average Bonchev–Trinajstić information content (AvgIpc) is 2.33. The van der Waals surface area contributed by atoms with Gasteiger partial charge in [-0.2, -0.15) is 0 Å². The van der Waals surface area contributed by atoms with Crippen LogP contribution < -0.4 is 5.73 Å². The van der Waals surface area contributed by atoms with Crippen LogP contribution >= 0.6 is 39.1 Å². The highest BCUT2D eigenvalue weighted by Crippen LogP contribution is 2.24. The van der Waals surface area contributed by atoms with E-state index in [1.54, 1.807) is 36.4 Å². The van der Waals surface area contributed by atoms with Gasteiger partial charge < -0.3 is 5.73 Å². The number of halogens is 3. The first-order chi connectivity index (χ1) is 8.97. The van der Waals surface area contributed by atoms with E-state index < -0.39 is 0 Å². The van der Waals surface area contributed by atoms with E-state index in [1.165, 1.54) is 0 Å². The second-order valence-corrected chi connectivity index (χ2v) is 5.81. The summed E-state index contributed by atoms with van der Waals surface area (Å²) in [5.74, 6) is -0.0524. The van der Waals surface area contributed by atoms with Gasteiger partial charge in [-0.05, 0) is 35.9 Å². The van der Waals surface area contributed by atoms with Crippen molar-refractivity contribution in [1.82, 2.24) is 0 Å². The van der Waals surface area contributed by atoms with Crippen molar-refractivity contribution in [2.24, 2.45) is 0 Å². The molecule has 19 heavy (non-hydrogen) atoms. The van der Waals surface area contributed by atoms with Crippen LogP contribution in [-0.4, -0.2) is 5.78 Å². The van der Waals surface area contributed by atoms with Gasteiger partial charge in [0, 0.05) is 22.1 Å². The van der Waals surface area contributed by atoms with Crippen molar-refractivity contribution in [3.8, 4) is 0 Å². The summed E-state index contributed by atoms with van der Waals surface area (Å²) in [5.41, 5.74) is 7.61. The molecular weight excluding hydrogens is 349 g/mol. The Morgan fingerprint density at radius 1 is 1.11 bits per heavy atom. The van der Waals surface area contributed by atoms with Gasteiger partial charge in [0.1, 0.15) is 0 Å². The fourth-order valence-corrected chi connectivity index (χ4v) is 2.42. The predicted octanol–water partition coefficient (Wildman–Crippen LogP) is 4.76. The molecule has 98 valence electrons. The second-order valence-electron chi connectivity index (χ2n) is 4.08. The van der Waals surface area contributed by atoms with Crippen LogP contribution in [-0.2, 0) is 6.42 Å². The van der Waals surface area contributed by atoms with E-state index in [2.05, 4.69) is 15.9 Å². The molecule has 0 amide bonds. The van der Waals surface area contributed by atoms with Gasteiger partial charge in [-0.25, -0.2) is 0 Å². The monoisotopic (exact) mass is 357 g/mol. The Morgan fingerprint density at radius 3 is 2.47 bits per heavy atom. The molecule has 0 aliphatic heterocycles.